The lowest BCUT2D eigenvalue weighted by molar-refractivity contribution is -0.143. The Balaban J connectivity index is 1.52. The van der Waals surface area contributed by atoms with Crippen molar-refractivity contribution in [1.29, 1.82) is 0 Å². The summed E-state index contributed by atoms with van der Waals surface area (Å²) in [5.74, 6) is 1.35. The minimum atomic E-state index is -0.0939. The number of nitrogens with zero attached hydrogens (tertiary/aromatic N) is 1. The molecule has 1 aromatic rings. The van der Waals surface area contributed by atoms with Crippen molar-refractivity contribution < 1.29 is 14.3 Å². The van der Waals surface area contributed by atoms with Crippen LogP contribution >= 0.6 is 0 Å². The highest BCUT2D eigenvalue weighted by atomic mass is 16.5. The monoisotopic (exact) mass is 318 g/mol. The molecular weight excluding hydrogens is 292 g/mol. The van der Waals surface area contributed by atoms with Crippen LogP contribution in [0.25, 0.3) is 0 Å². The van der Waals surface area contributed by atoms with Crippen LogP contribution in [0, 0.1) is 5.92 Å². The van der Waals surface area contributed by atoms with E-state index in [-0.39, 0.29) is 12.1 Å². The number of hydrogen-bond acceptors (Lipinski definition) is 5. The van der Waals surface area contributed by atoms with Crippen LogP contribution in [0.4, 0.5) is 5.69 Å². The van der Waals surface area contributed by atoms with Crippen molar-refractivity contribution in [2.75, 3.05) is 25.4 Å². The van der Waals surface area contributed by atoms with Gasteiger partial charge in [-0.25, -0.2) is 0 Å². The maximum Gasteiger partial charge on any atom is 0.307 e. The molecule has 1 aromatic carbocycles. The molecule has 5 nitrogen and oxygen atoms in total. The van der Waals surface area contributed by atoms with Crippen LogP contribution in [0.3, 0.4) is 0 Å². The van der Waals surface area contributed by atoms with Crippen molar-refractivity contribution in [2.45, 2.75) is 44.8 Å². The summed E-state index contributed by atoms with van der Waals surface area (Å²) in [6.07, 6.45) is 4.14. The van der Waals surface area contributed by atoms with E-state index in [1.807, 2.05) is 31.2 Å². The summed E-state index contributed by atoms with van der Waals surface area (Å²) in [6, 6.07) is 8.23. The van der Waals surface area contributed by atoms with E-state index < -0.39 is 0 Å². The zero-order valence-electron chi connectivity index (χ0n) is 13.7. The highest BCUT2D eigenvalue weighted by molar-refractivity contribution is 5.69. The lowest BCUT2D eigenvalue weighted by Crippen LogP contribution is -2.32. The summed E-state index contributed by atoms with van der Waals surface area (Å²) in [7, 11) is 0. The minimum Gasteiger partial charge on any atom is -0.490 e. The Morgan fingerprint density at radius 1 is 1.30 bits per heavy atom. The van der Waals surface area contributed by atoms with Crippen molar-refractivity contribution >= 4 is 11.7 Å². The summed E-state index contributed by atoms with van der Waals surface area (Å²) in [5.41, 5.74) is 6.47. The molecule has 0 spiro atoms. The van der Waals surface area contributed by atoms with E-state index in [9.17, 15) is 4.79 Å². The number of esters is 1. The van der Waals surface area contributed by atoms with Crippen LogP contribution in [-0.2, 0) is 9.53 Å². The second-order valence-corrected chi connectivity index (χ2v) is 6.50. The molecule has 1 aliphatic heterocycles. The number of ether oxygens (including phenoxy) is 2. The molecule has 1 saturated carbocycles. The van der Waals surface area contributed by atoms with Crippen molar-refractivity contribution in [3.05, 3.63) is 24.3 Å². The highest BCUT2D eigenvalue weighted by Gasteiger charge is 2.41. The van der Waals surface area contributed by atoms with Gasteiger partial charge in [0.2, 0.25) is 0 Å². The fraction of sp³-hybridized carbons (Fsp3) is 0.611. The average Bonchev–Trinajstić information content (AvgIpc) is 2.88. The molecule has 2 bridgehead atoms. The molecule has 23 heavy (non-hydrogen) atoms. The number of likely N-dealkylation sites (tertiary alicyclic amines) is 1. The Labute approximate surface area is 137 Å². The van der Waals surface area contributed by atoms with Gasteiger partial charge in [0.15, 0.2) is 0 Å². The van der Waals surface area contributed by atoms with Gasteiger partial charge in [0.25, 0.3) is 0 Å². The molecule has 1 saturated heterocycles. The normalized spacial score (nSPS) is 26.9. The standard InChI is InChI=1S/C18H26N2O3/c1-2-22-18(21)9-10-20-12-13-11-15(20)5-8-17(13)23-16-6-3-14(19)4-7-16/h3-4,6-7,13,15,17H,2,5,8-12,19H2,1H3. The Hall–Kier alpha value is -1.75. The zero-order valence-corrected chi connectivity index (χ0v) is 13.7. The van der Waals surface area contributed by atoms with Gasteiger partial charge in [0.1, 0.15) is 11.9 Å². The molecule has 0 amide bonds. The molecule has 5 heteroatoms. The number of hydrogen-bond donors (Lipinski definition) is 1. The second kappa shape index (κ2) is 7.21. The van der Waals surface area contributed by atoms with E-state index in [2.05, 4.69) is 4.90 Å². The number of fused-ring (bicyclic) bond motifs is 2. The molecular formula is C18H26N2O3. The molecule has 0 radical (unpaired) electrons. The van der Waals surface area contributed by atoms with Gasteiger partial charge < -0.3 is 15.2 Å². The number of nitrogens with two attached hydrogens (primary N) is 1. The largest absolute Gasteiger partial charge is 0.490 e. The molecule has 126 valence electrons. The summed E-state index contributed by atoms with van der Waals surface area (Å²) in [5, 5.41) is 0. The van der Waals surface area contributed by atoms with Gasteiger partial charge in [-0.1, -0.05) is 0 Å². The van der Waals surface area contributed by atoms with Crippen LogP contribution in [0.1, 0.15) is 32.6 Å². The third-order valence-electron chi connectivity index (χ3n) is 4.95. The minimum absolute atomic E-state index is 0.0939. The fourth-order valence-corrected chi connectivity index (χ4v) is 3.80. The number of carbonyl (C=O) groups is 1. The van der Waals surface area contributed by atoms with E-state index in [0.29, 0.717) is 25.0 Å². The summed E-state index contributed by atoms with van der Waals surface area (Å²) < 4.78 is 11.2. The van der Waals surface area contributed by atoms with E-state index in [4.69, 9.17) is 15.2 Å². The van der Waals surface area contributed by atoms with Gasteiger partial charge in [-0.3, -0.25) is 9.69 Å². The van der Waals surface area contributed by atoms with Crippen molar-refractivity contribution in [1.82, 2.24) is 4.90 Å². The van der Waals surface area contributed by atoms with Crippen LogP contribution in [0.5, 0.6) is 5.75 Å². The molecule has 3 atom stereocenters. The molecule has 2 N–H and O–H groups in total. The van der Waals surface area contributed by atoms with Crippen LogP contribution in [-0.4, -0.2) is 42.7 Å². The molecule has 2 fully saturated rings. The lowest BCUT2D eigenvalue weighted by Gasteiger charge is -2.29. The molecule has 1 heterocycles. The van der Waals surface area contributed by atoms with Crippen LogP contribution < -0.4 is 10.5 Å². The Morgan fingerprint density at radius 3 is 2.83 bits per heavy atom. The first-order valence-corrected chi connectivity index (χ1v) is 8.57. The zero-order chi connectivity index (χ0) is 16.2. The number of benzene rings is 1. The highest BCUT2D eigenvalue weighted by Crippen LogP contribution is 2.37. The summed E-state index contributed by atoms with van der Waals surface area (Å²) in [4.78, 5) is 14.0. The van der Waals surface area contributed by atoms with Gasteiger partial charge >= 0.3 is 5.97 Å². The van der Waals surface area contributed by atoms with E-state index in [0.717, 1.165) is 37.4 Å². The molecule has 2 aliphatic rings. The number of nitrogen functional groups attached to an aromatic ring is 1. The SMILES string of the molecule is CCOC(=O)CCN1CC2CC1CCC2Oc1ccc(N)cc1. The Bertz CT molecular complexity index is 532. The van der Waals surface area contributed by atoms with E-state index >= 15 is 0 Å². The predicted octanol–water partition coefficient (Wildman–Crippen LogP) is 2.45. The van der Waals surface area contributed by atoms with Gasteiger partial charge in [0.05, 0.1) is 13.0 Å². The van der Waals surface area contributed by atoms with E-state index in [1.165, 1.54) is 6.42 Å². The maximum atomic E-state index is 11.5. The quantitative estimate of drug-likeness (QED) is 0.645. The van der Waals surface area contributed by atoms with E-state index in [1.54, 1.807) is 0 Å². The van der Waals surface area contributed by atoms with Crippen molar-refractivity contribution in [3.63, 3.8) is 0 Å². The Morgan fingerprint density at radius 2 is 2.09 bits per heavy atom. The van der Waals surface area contributed by atoms with Crippen LogP contribution in [0.15, 0.2) is 24.3 Å². The lowest BCUT2D eigenvalue weighted by atomic mass is 9.87. The third-order valence-corrected chi connectivity index (χ3v) is 4.95. The second-order valence-electron chi connectivity index (χ2n) is 6.50. The first-order chi connectivity index (χ1) is 11.2. The van der Waals surface area contributed by atoms with Gasteiger partial charge in [0, 0.05) is 30.7 Å². The van der Waals surface area contributed by atoms with Crippen molar-refractivity contribution in [3.8, 4) is 5.75 Å². The smallest absolute Gasteiger partial charge is 0.307 e. The summed E-state index contributed by atoms with van der Waals surface area (Å²) in [6.45, 7) is 4.13. The third kappa shape index (κ3) is 3.96. The maximum absolute atomic E-state index is 11.5. The number of anilines is 1. The van der Waals surface area contributed by atoms with Crippen LogP contribution in [0.2, 0.25) is 0 Å². The Kier molecular flexibility index (Phi) is 5.06. The summed E-state index contributed by atoms with van der Waals surface area (Å²) >= 11 is 0. The predicted molar refractivity (Wildman–Crippen MR) is 89.2 cm³/mol. The fourth-order valence-electron chi connectivity index (χ4n) is 3.80. The first kappa shape index (κ1) is 16.1. The molecule has 0 aromatic heterocycles. The number of rotatable bonds is 6. The first-order valence-electron chi connectivity index (χ1n) is 8.57. The number of carbonyl (C=O) groups excluding carboxylic acids is 1. The van der Waals surface area contributed by atoms with Gasteiger partial charge in [-0.15, -0.1) is 0 Å². The van der Waals surface area contributed by atoms with Gasteiger partial charge in [-0.05, 0) is 50.5 Å². The molecule has 3 rings (SSSR count). The van der Waals surface area contributed by atoms with Crippen molar-refractivity contribution in [2.24, 2.45) is 5.92 Å². The molecule has 3 unspecified atom stereocenters. The topological polar surface area (TPSA) is 64.8 Å². The molecule has 1 aliphatic carbocycles. The van der Waals surface area contributed by atoms with Gasteiger partial charge in [-0.2, -0.15) is 0 Å². The average molecular weight is 318 g/mol.